The van der Waals surface area contributed by atoms with E-state index in [4.69, 9.17) is 16.2 Å². The van der Waals surface area contributed by atoms with Crippen LogP contribution >= 0.6 is 22.6 Å². The molecular weight excluding hydrogens is 476 g/mol. The van der Waals surface area contributed by atoms with Crippen molar-refractivity contribution < 1.29 is 22.7 Å². The third-order valence-corrected chi connectivity index (χ3v) is 4.93. The van der Waals surface area contributed by atoms with Crippen LogP contribution in [0.1, 0.15) is 30.7 Å². The number of nitrogens with two attached hydrogens (primary N) is 2. The normalized spacial score (nSPS) is 12.1. The van der Waals surface area contributed by atoms with Gasteiger partial charge in [-0.2, -0.15) is 13.2 Å². The van der Waals surface area contributed by atoms with Crippen molar-refractivity contribution in [2.75, 3.05) is 5.73 Å². The first kappa shape index (κ1) is 21.2. The predicted octanol–water partition coefficient (Wildman–Crippen LogP) is 4.07. The molecule has 27 heavy (non-hydrogen) atoms. The fourth-order valence-corrected chi connectivity index (χ4v) is 3.22. The van der Waals surface area contributed by atoms with Crippen molar-refractivity contribution in [3.05, 3.63) is 38.6 Å². The molecule has 0 atom stereocenters. The molecule has 1 heterocycles. The minimum Gasteiger partial charge on any atom is -0.443 e. The third kappa shape index (κ3) is 5.44. The van der Waals surface area contributed by atoms with Crippen LogP contribution in [0.3, 0.4) is 0 Å². The second kappa shape index (κ2) is 7.49. The zero-order valence-corrected chi connectivity index (χ0v) is 17.0. The molecular formula is C17H18F3IN4O2. The molecule has 2 aromatic rings. The Hall–Kier alpha value is -2.11. The van der Waals surface area contributed by atoms with Gasteiger partial charge >= 0.3 is 12.3 Å². The van der Waals surface area contributed by atoms with E-state index in [-0.39, 0.29) is 17.9 Å². The maximum atomic E-state index is 13.4. The van der Waals surface area contributed by atoms with Gasteiger partial charge in [0.2, 0.25) is 5.95 Å². The van der Waals surface area contributed by atoms with Gasteiger partial charge in [0.05, 0.1) is 20.5 Å². The van der Waals surface area contributed by atoms with Gasteiger partial charge in [0.25, 0.3) is 0 Å². The van der Waals surface area contributed by atoms with Gasteiger partial charge in [0.15, 0.2) is 0 Å². The number of hydrogen-bond donors (Lipinski definition) is 2. The number of hydrogen-bond acceptors (Lipinski definition) is 5. The second-order valence-corrected chi connectivity index (χ2v) is 7.68. The number of aromatic nitrogens is 2. The van der Waals surface area contributed by atoms with Gasteiger partial charge in [-0.15, -0.1) is 0 Å². The van der Waals surface area contributed by atoms with Gasteiger partial charge < -0.3 is 16.2 Å². The Morgan fingerprint density at radius 2 is 1.85 bits per heavy atom. The number of nitrogens with zero attached hydrogens (tertiary/aromatic N) is 2. The zero-order valence-electron chi connectivity index (χ0n) is 14.8. The van der Waals surface area contributed by atoms with E-state index in [2.05, 4.69) is 9.97 Å². The molecule has 1 aromatic carbocycles. The topological polar surface area (TPSA) is 104 Å². The molecule has 0 radical (unpaired) electrons. The first-order valence-electron chi connectivity index (χ1n) is 7.78. The van der Waals surface area contributed by atoms with Crippen LogP contribution in [0, 0.1) is 10.5 Å². The molecule has 4 N–H and O–H groups in total. The summed E-state index contributed by atoms with van der Waals surface area (Å²) in [5.41, 5.74) is 10.2. The van der Waals surface area contributed by atoms with Crippen LogP contribution < -0.4 is 11.5 Å². The summed E-state index contributed by atoms with van der Waals surface area (Å²) in [6.07, 6.45) is -5.53. The molecule has 1 amide bonds. The Morgan fingerprint density at radius 1 is 1.22 bits per heavy atom. The minimum atomic E-state index is -4.56. The molecule has 0 saturated heterocycles. The highest BCUT2D eigenvalue weighted by Crippen LogP contribution is 2.35. The van der Waals surface area contributed by atoms with Crippen molar-refractivity contribution in [1.29, 1.82) is 0 Å². The molecule has 0 saturated carbocycles. The van der Waals surface area contributed by atoms with Crippen LogP contribution in [0.15, 0.2) is 18.2 Å². The van der Waals surface area contributed by atoms with Crippen molar-refractivity contribution in [1.82, 2.24) is 9.97 Å². The Morgan fingerprint density at radius 3 is 2.41 bits per heavy atom. The number of rotatable bonds is 4. The maximum absolute atomic E-state index is 13.4. The first-order valence-corrected chi connectivity index (χ1v) is 8.86. The molecule has 6 nitrogen and oxygen atoms in total. The van der Waals surface area contributed by atoms with Crippen LogP contribution in [0.2, 0.25) is 0 Å². The summed E-state index contributed by atoms with van der Waals surface area (Å²) in [6.45, 7) is 4.82. The van der Waals surface area contributed by atoms with Crippen molar-refractivity contribution in [3.8, 4) is 11.3 Å². The number of halogens is 4. The summed E-state index contributed by atoms with van der Waals surface area (Å²) in [5.74, 6) is -0.0285. The average molecular weight is 494 g/mol. The van der Waals surface area contributed by atoms with Gasteiger partial charge in [0, 0.05) is 12.0 Å². The summed E-state index contributed by atoms with van der Waals surface area (Å²) in [6, 6.07) is 3.58. The SMILES string of the molecule is Cc1nc(N)nc(-c2cc(CC(C)(C)OC(N)=O)cc(C(F)(F)F)c2)c1I. The highest BCUT2D eigenvalue weighted by atomic mass is 127. The van der Waals surface area contributed by atoms with E-state index in [0.29, 0.717) is 20.5 Å². The molecule has 146 valence electrons. The number of carbonyl (C=O) groups excluding carboxylic acids is 1. The summed E-state index contributed by atoms with van der Waals surface area (Å²) in [7, 11) is 0. The second-order valence-electron chi connectivity index (χ2n) is 6.60. The van der Waals surface area contributed by atoms with E-state index in [1.165, 1.54) is 0 Å². The fourth-order valence-electron chi connectivity index (χ4n) is 2.67. The smallest absolute Gasteiger partial charge is 0.416 e. The van der Waals surface area contributed by atoms with E-state index >= 15 is 0 Å². The quantitative estimate of drug-likeness (QED) is 0.624. The maximum Gasteiger partial charge on any atom is 0.416 e. The van der Waals surface area contributed by atoms with Crippen molar-refractivity contribution >= 4 is 34.6 Å². The number of aryl methyl sites for hydroxylation is 1. The number of ether oxygens (including phenoxy) is 1. The number of carbonyl (C=O) groups is 1. The van der Waals surface area contributed by atoms with Gasteiger partial charge in [-0.3, -0.25) is 0 Å². The van der Waals surface area contributed by atoms with Crippen LogP contribution in [0.5, 0.6) is 0 Å². The Balaban J connectivity index is 2.61. The van der Waals surface area contributed by atoms with E-state index < -0.39 is 23.4 Å². The molecule has 0 aliphatic carbocycles. The summed E-state index contributed by atoms with van der Waals surface area (Å²) >= 11 is 1.97. The van der Waals surface area contributed by atoms with Crippen LogP contribution in [-0.2, 0) is 17.3 Å². The minimum absolute atomic E-state index is 0.0285. The predicted molar refractivity (Wildman–Crippen MR) is 103 cm³/mol. The molecule has 0 aliphatic rings. The summed E-state index contributed by atoms with van der Waals surface area (Å²) < 4.78 is 45.8. The third-order valence-electron chi connectivity index (χ3n) is 3.63. The lowest BCUT2D eigenvalue weighted by atomic mass is 9.94. The largest absolute Gasteiger partial charge is 0.443 e. The lowest BCUT2D eigenvalue weighted by Gasteiger charge is -2.25. The fraction of sp³-hybridized carbons (Fsp3) is 0.353. The van der Waals surface area contributed by atoms with Gasteiger partial charge in [-0.1, -0.05) is 0 Å². The Kier molecular flexibility index (Phi) is 5.88. The van der Waals surface area contributed by atoms with E-state index in [9.17, 15) is 18.0 Å². The summed E-state index contributed by atoms with van der Waals surface area (Å²) in [5, 5.41) is 0. The Bertz CT molecular complexity index is 885. The van der Waals surface area contributed by atoms with Crippen molar-refractivity contribution in [3.63, 3.8) is 0 Å². The number of amides is 1. The zero-order chi connectivity index (χ0) is 20.6. The van der Waals surface area contributed by atoms with E-state index in [1.54, 1.807) is 26.8 Å². The number of benzene rings is 1. The highest BCUT2D eigenvalue weighted by Gasteiger charge is 2.33. The molecule has 2 rings (SSSR count). The summed E-state index contributed by atoms with van der Waals surface area (Å²) in [4.78, 5) is 19.1. The number of anilines is 1. The highest BCUT2D eigenvalue weighted by molar-refractivity contribution is 14.1. The van der Waals surface area contributed by atoms with Crippen LogP contribution in [0.25, 0.3) is 11.3 Å². The molecule has 0 spiro atoms. The standard InChI is InChI=1S/C17H18F3IN4O2/c1-8-12(21)13(25-14(22)24-8)10-4-9(5-11(6-10)17(18,19)20)7-16(2,3)27-15(23)26/h4-6H,7H2,1-3H3,(H2,23,26)(H2,22,24,25). The number of primary amides is 1. The lowest BCUT2D eigenvalue weighted by molar-refractivity contribution is -0.137. The molecule has 0 fully saturated rings. The monoisotopic (exact) mass is 494 g/mol. The van der Waals surface area contributed by atoms with Gasteiger partial charge in [0.1, 0.15) is 5.60 Å². The molecule has 0 bridgehead atoms. The molecule has 0 aliphatic heterocycles. The van der Waals surface area contributed by atoms with E-state index in [0.717, 1.165) is 12.1 Å². The van der Waals surface area contributed by atoms with Crippen molar-refractivity contribution in [2.24, 2.45) is 5.73 Å². The lowest BCUT2D eigenvalue weighted by Crippen LogP contribution is -2.33. The molecule has 1 aromatic heterocycles. The number of alkyl halides is 3. The van der Waals surface area contributed by atoms with E-state index in [1.807, 2.05) is 22.6 Å². The first-order chi connectivity index (χ1) is 12.3. The van der Waals surface area contributed by atoms with Crippen LogP contribution in [0.4, 0.5) is 23.9 Å². The molecule has 0 unspecified atom stereocenters. The van der Waals surface area contributed by atoms with Crippen LogP contribution in [-0.4, -0.2) is 21.7 Å². The molecule has 10 heteroatoms. The number of nitrogen functional groups attached to an aromatic ring is 1. The van der Waals surface area contributed by atoms with Gasteiger partial charge in [-0.05, 0) is 67.1 Å². The average Bonchev–Trinajstić information content (AvgIpc) is 2.47. The van der Waals surface area contributed by atoms with Crippen molar-refractivity contribution in [2.45, 2.75) is 39.0 Å². The van der Waals surface area contributed by atoms with Gasteiger partial charge in [-0.25, -0.2) is 14.8 Å². The Labute approximate surface area is 167 Å².